The van der Waals surface area contributed by atoms with Crippen LogP contribution in [-0.4, -0.2) is 81.1 Å². The third-order valence-electron chi connectivity index (χ3n) is 11.5. The number of esters is 2. The number of nitrogens with one attached hydrogen (secondary N) is 3. The summed E-state index contributed by atoms with van der Waals surface area (Å²) in [6.45, 7) is 8.44. The summed E-state index contributed by atoms with van der Waals surface area (Å²) in [5.41, 5.74) is 0.691. The number of hydrogen-bond donors (Lipinski definition) is 6. The zero-order valence-corrected chi connectivity index (χ0v) is 40.5. The highest BCUT2D eigenvalue weighted by Gasteiger charge is 2.41. The van der Waals surface area contributed by atoms with Crippen molar-refractivity contribution in [2.24, 2.45) is 10.8 Å². The van der Waals surface area contributed by atoms with Gasteiger partial charge < -0.3 is 45.5 Å². The number of carbonyl (C=O) groups excluding carboxylic acids is 7. The van der Waals surface area contributed by atoms with Crippen LogP contribution in [0.3, 0.4) is 0 Å². The van der Waals surface area contributed by atoms with Gasteiger partial charge in [-0.1, -0.05) is 76.2 Å². The van der Waals surface area contributed by atoms with Crippen LogP contribution in [0.1, 0.15) is 108 Å². The number of carboxylic acids is 1. The van der Waals surface area contributed by atoms with Gasteiger partial charge in [0.25, 0.3) is 0 Å². The Balaban J connectivity index is 1.38. The molecule has 4 aromatic rings. The Morgan fingerprint density at radius 2 is 0.986 bits per heavy atom. The van der Waals surface area contributed by atoms with Crippen LogP contribution in [-0.2, 0) is 64.0 Å². The SMILES string of the molecule is CC(=O)CCCCC(=O)Oc1ccc(CCNC(=O)[C@H](Cc2ccc(O)cc2)NC(=O)C(C)(C)CC(C)(C)C(=O)N[C@@H](Cc2ccc(O)cc2)C(=O)CCCc2ccc(OC(=O)CC(=O)O)cc2)cc1. The molecular formula is C54H65N3O13. The molecule has 0 fully saturated rings. The number of Topliss-reactive ketones (excluding diaryl/α,β-unsaturated/α-hetero) is 2. The van der Waals surface area contributed by atoms with Gasteiger partial charge in [0, 0.05) is 43.1 Å². The minimum Gasteiger partial charge on any atom is -0.508 e. The minimum absolute atomic E-state index is 0.0259. The molecule has 3 amide bonds. The highest BCUT2D eigenvalue weighted by atomic mass is 16.5. The van der Waals surface area contributed by atoms with Crippen LogP contribution < -0.4 is 25.4 Å². The number of rotatable bonds is 28. The molecule has 0 aliphatic carbocycles. The minimum atomic E-state index is -1.30. The molecule has 0 unspecified atom stereocenters. The van der Waals surface area contributed by atoms with E-state index in [1.165, 1.54) is 43.3 Å². The van der Waals surface area contributed by atoms with Gasteiger partial charge in [-0.3, -0.25) is 33.6 Å². The fourth-order valence-corrected chi connectivity index (χ4v) is 7.82. The Labute approximate surface area is 408 Å². The van der Waals surface area contributed by atoms with E-state index in [2.05, 4.69) is 16.0 Å². The predicted octanol–water partition coefficient (Wildman–Crippen LogP) is 6.68. The first-order chi connectivity index (χ1) is 33.1. The number of phenolic OH excluding ortho intramolecular Hbond substituents is 2. The maximum atomic E-state index is 14.1. The second kappa shape index (κ2) is 26.4. The van der Waals surface area contributed by atoms with Gasteiger partial charge in [-0.15, -0.1) is 0 Å². The Morgan fingerprint density at radius 3 is 1.49 bits per heavy atom. The van der Waals surface area contributed by atoms with Gasteiger partial charge in [-0.25, -0.2) is 0 Å². The van der Waals surface area contributed by atoms with Crippen molar-refractivity contribution in [3.8, 4) is 23.0 Å². The van der Waals surface area contributed by atoms with Gasteiger partial charge in [0.05, 0.1) is 6.04 Å². The Kier molecular flexibility index (Phi) is 20.8. The molecular weight excluding hydrogens is 899 g/mol. The number of aryl methyl sites for hydroxylation is 1. The molecule has 0 aliphatic heterocycles. The first-order valence-electron chi connectivity index (χ1n) is 23.4. The summed E-state index contributed by atoms with van der Waals surface area (Å²) >= 11 is 0. The van der Waals surface area contributed by atoms with Crippen LogP contribution in [0.4, 0.5) is 0 Å². The van der Waals surface area contributed by atoms with Crippen LogP contribution >= 0.6 is 0 Å². The first-order valence-corrected chi connectivity index (χ1v) is 23.4. The highest BCUT2D eigenvalue weighted by Crippen LogP contribution is 2.35. The van der Waals surface area contributed by atoms with E-state index in [1.54, 1.807) is 88.4 Å². The lowest BCUT2D eigenvalue weighted by atomic mass is 9.73. The van der Waals surface area contributed by atoms with Gasteiger partial charge in [0.2, 0.25) is 17.7 Å². The largest absolute Gasteiger partial charge is 0.508 e. The van der Waals surface area contributed by atoms with Crippen molar-refractivity contribution in [2.75, 3.05) is 6.54 Å². The molecule has 0 saturated carbocycles. The number of benzene rings is 4. The van der Waals surface area contributed by atoms with E-state index in [-0.39, 0.29) is 73.4 Å². The summed E-state index contributed by atoms with van der Waals surface area (Å²) in [6, 6.07) is 24.0. The average Bonchev–Trinajstić information content (AvgIpc) is 3.29. The lowest BCUT2D eigenvalue weighted by Gasteiger charge is -2.35. The summed E-state index contributed by atoms with van der Waals surface area (Å²) in [7, 11) is 0. The smallest absolute Gasteiger partial charge is 0.322 e. The predicted molar refractivity (Wildman–Crippen MR) is 260 cm³/mol. The molecule has 4 rings (SSSR count). The third kappa shape index (κ3) is 19.3. The number of aromatic hydroxyl groups is 2. The molecule has 16 nitrogen and oxygen atoms in total. The summed E-state index contributed by atoms with van der Waals surface area (Å²) in [5.74, 6) is -3.49. The highest BCUT2D eigenvalue weighted by molar-refractivity contribution is 5.93. The number of amides is 3. The first kappa shape index (κ1) is 55.2. The summed E-state index contributed by atoms with van der Waals surface area (Å²) in [4.78, 5) is 102. The molecule has 16 heteroatoms. The fourth-order valence-electron chi connectivity index (χ4n) is 7.82. The molecule has 2 atom stereocenters. The normalized spacial score (nSPS) is 12.2. The monoisotopic (exact) mass is 963 g/mol. The quantitative estimate of drug-likeness (QED) is 0.0151. The standard InChI is InChI=1S/C54H65N3O13/c1-35(58)9-6-7-12-48(64)69-42-27-19-37(20-28-42)29-30-55-50(66)45(32-39-15-23-41(60)24-16-39)57-52(68)54(4,5)34-53(2,3)51(67)56-44(31-38-13-21-40(59)22-14-38)46(61)11-8-10-36-17-25-43(26-18-36)70-49(65)33-47(62)63/h13-28,44-45,59-60H,6-12,29-34H2,1-5H3,(H,55,66)(H,56,67)(H,57,68)(H,62,63)/t44-,45-/m0/s1. The van der Waals surface area contributed by atoms with Crippen LogP contribution in [0, 0.1) is 10.8 Å². The van der Waals surface area contributed by atoms with Crippen molar-refractivity contribution >= 4 is 47.2 Å². The van der Waals surface area contributed by atoms with Crippen molar-refractivity contribution in [3.05, 3.63) is 119 Å². The van der Waals surface area contributed by atoms with E-state index < -0.39 is 59.0 Å². The number of phenols is 2. The van der Waals surface area contributed by atoms with Crippen LogP contribution in [0.5, 0.6) is 23.0 Å². The lowest BCUT2D eigenvalue weighted by molar-refractivity contribution is -0.146. The number of ketones is 2. The number of aliphatic carboxylic acids is 1. The Hall–Kier alpha value is -7.36. The number of carboxylic acid groups (broad SMARTS) is 1. The zero-order chi connectivity index (χ0) is 51.4. The topological polar surface area (TPSA) is 252 Å². The van der Waals surface area contributed by atoms with Crippen molar-refractivity contribution in [2.45, 2.75) is 124 Å². The van der Waals surface area contributed by atoms with E-state index in [4.69, 9.17) is 14.6 Å². The van der Waals surface area contributed by atoms with E-state index >= 15 is 0 Å². The van der Waals surface area contributed by atoms with Crippen LogP contribution in [0.25, 0.3) is 0 Å². The summed E-state index contributed by atoms with van der Waals surface area (Å²) in [6.07, 6.45) is 2.74. The molecule has 0 saturated heterocycles. The van der Waals surface area contributed by atoms with Crippen molar-refractivity contribution < 1.29 is 63.1 Å². The van der Waals surface area contributed by atoms with E-state index in [1.807, 2.05) is 0 Å². The molecule has 0 aromatic heterocycles. The fraction of sp³-hybridized carbons (Fsp3) is 0.407. The summed E-state index contributed by atoms with van der Waals surface area (Å²) < 4.78 is 10.4. The second-order valence-electron chi connectivity index (χ2n) is 18.8. The molecule has 0 aliphatic rings. The number of ether oxygens (including phenoxy) is 2. The van der Waals surface area contributed by atoms with Gasteiger partial charge in [0.1, 0.15) is 41.2 Å². The van der Waals surface area contributed by atoms with Gasteiger partial charge in [0.15, 0.2) is 5.78 Å². The van der Waals surface area contributed by atoms with E-state index in [0.717, 1.165) is 11.1 Å². The van der Waals surface area contributed by atoms with Crippen molar-refractivity contribution in [3.63, 3.8) is 0 Å². The molecule has 4 aromatic carbocycles. The maximum absolute atomic E-state index is 14.1. The number of carbonyl (C=O) groups is 8. The Morgan fingerprint density at radius 1 is 0.543 bits per heavy atom. The van der Waals surface area contributed by atoms with Crippen LogP contribution in [0.15, 0.2) is 97.1 Å². The van der Waals surface area contributed by atoms with Crippen molar-refractivity contribution in [1.29, 1.82) is 0 Å². The number of hydrogen-bond acceptors (Lipinski definition) is 12. The van der Waals surface area contributed by atoms with Gasteiger partial charge >= 0.3 is 17.9 Å². The van der Waals surface area contributed by atoms with E-state index in [9.17, 15) is 48.6 Å². The molecule has 0 bridgehead atoms. The van der Waals surface area contributed by atoms with Crippen LogP contribution in [0.2, 0.25) is 0 Å². The van der Waals surface area contributed by atoms with Gasteiger partial charge in [-0.05, 0) is 123 Å². The van der Waals surface area contributed by atoms with Gasteiger partial charge in [-0.2, -0.15) is 0 Å². The average molecular weight is 964 g/mol. The second-order valence-corrected chi connectivity index (χ2v) is 18.8. The Bertz CT molecular complexity index is 2430. The summed E-state index contributed by atoms with van der Waals surface area (Å²) in [5, 5.41) is 37.3. The maximum Gasteiger partial charge on any atom is 0.322 e. The molecule has 374 valence electrons. The molecule has 0 heterocycles. The lowest BCUT2D eigenvalue weighted by Crippen LogP contribution is -2.53. The third-order valence-corrected chi connectivity index (χ3v) is 11.5. The molecule has 0 radical (unpaired) electrons. The van der Waals surface area contributed by atoms with Crippen molar-refractivity contribution in [1.82, 2.24) is 16.0 Å². The zero-order valence-electron chi connectivity index (χ0n) is 40.5. The molecule has 6 N–H and O–H groups in total. The molecule has 0 spiro atoms. The molecule has 70 heavy (non-hydrogen) atoms. The number of unbranched alkanes of at least 4 members (excludes halogenated alkanes) is 1. The van der Waals surface area contributed by atoms with E-state index in [0.29, 0.717) is 55.4 Å².